The molecule has 1 unspecified atom stereocenters. The van der Waals surface area contributed by atoms with Crippen molar-refractivity contribution in [2.24, 2.45) is 0 Å². The summed E-state index contributed by atoms with van der Waals surface area (Å²) in [6, 6.07) is 10.6. The van der Waals surface area contributed by atoms with E-state index in [0.717, 1.165) is 24.4 Å². The third-order valence-corrected chi connectivity index (χ3v) is 4.50. The number of amides is 1. The zero-order valence-corrected chi connectivity index (χ0v) is 15.1. The first-order chi connectivity index (χ1) is 10.3. The molecule has 1 aliphatic rings. The Bertz CT molecular complexity index is 600. The fourth-order valence-electron chi connectivity index (χ4n) is 2.50. The van der Waals surface area contributed by atoms with Gasteiger partial charge in [-0.25, -0.2) is 4.98 Å². The summed E-state index contributed by atoms with van der Waals surface area (Å²) >= 11 is 1.54. The number of nitrogens with one attached hydrogen (secondary N) is 2. The molecule has 1 aromatic heterocycles. The number of rotatable bonds is 5. The summed E-state index contributed by atoms with van der Waals surface area (Å²) in [5.74, 6) is -0.0701. The molecule has 0 saturated carbocycles. The fraction of sp³-hybridized carbons (Fsp3) is 0.375. The summed E-state index contributed by atoms with van der Waals surface area (Å²) in [6.07, 6.45) is 3.11. The van der Waals surface area contributed by atoms with E-state index in [1.54, 1.807) is 11.3 Å². The number of aromatic nitrogens is 1. The van der Waals surface area contributed by atoms with E-state index in [1.165, 1.54) is 12.0 Å². The molecule has 2 aromatic rings. The second-order valence-corrected chi connectivity index (χ2v) is 6.23. The third-order valence-electron chi connectivity index (χ3n) is 3.65. The van der Waals surface area contributed by atoms with Gasteiger partial charge in [0.15, 0.2) is 0 Å². The quantitative estimate of drug-likeness (QED) is 0.846. The smallest absolute Gasteiger partial charge is 0.270 e. The highest BCUT2D eigenvalue weighted by atomic mass is 35.5. The van der Waals surface area contributed by atoms with E-state index in [0.29, 0.717) is 18.3 Å². The average Bonchev–Trinajstić information content (AvgIpc) is 3.17. The van der Waals surface area contributed by atoms with E-state index in [1.807, 2.05) is 23.6 Å². The van der Waals surface area contributed by atoms with Crippen molar-refractivity contribution in [3.05, 3.63) is 52.0 Å². The second-order valence-electron chi connectivity index (χ2n) is 5.29. The molecular formula is C16H21Cl2N3OS. The Morgan fingerprint density at radius 1 is 1.30 bits per heavy atom. The molecule has 1 atom stereocenters. The van der Waals surface area contributed by atoms with Crippen LogP contribution in [0.5, 0.6) is 0 Å². The van der Waals surface area contributed by atoms with Crippen LogP contribution in [0.1, 0.15) is 33.9 Å². The first kappa shape index (κ1) is 19.9. The molecule has 2 N–H and O–H groups in total. The number of thiazole rings is 1. The third kappa shape index (κ3) is 5.77. The largest absolute Gasteiger partial charge is 0.349 e. The normalized spacial score (nSPS) is 16.3. The number of benzene rings is 1. The topological polar surface area (TPSA) is 54.0 Å². The van der Waals surface area contributed by atoms with Crippen LogP contribution in [0.25, 0.3) is 0 Å². The maximum Gasteiger partial charge on any atom is 0.270 e. The highest BCUT2D eigenvalue weighted by Gasteiger charge is 2.16. The highest BCUT2D eigenvalue weighted by Crippen LogP contribution is 2.15. The lowest BCUT2D eigenvalue weighted by atomic mass is 10.2. The molecule has 1 fully saturated rings. The van der Waals surface area contributed by atoms with Crippen LogP contribution < -0.4 is 10.6 Å². The lowest BCUT2D eigenvalue weighted by Gasteiger charge is -2.10. The predicted molar refractivity (Wildman–Crippen MR) is 99.2 cm³/mol. The Kier molecular flexibility index (Phi) is 8.55. The minimum Gasteiger partial charge on any atom is -0.349 e. The second kappa shape index (κ2) is 9.88. The zero-order valence-electron chi connectivity index (χ0n) is 12.7. The summed E-state index contributed by atoms with van der Waals surface area (Å²) in [4.78, 5) is 16.5. The van der Waals surface area contributed by atoms with Crippen LogP contribution in [0.2, 0.25) is 0 Å². The molecule has 0 spiro atoms. The average molecular weight is 374 g/mol. The fourth-order valence-corrected chi connectivity index (χ4v) is 3.31. The van der Waals surface area contributed by atoms with E-state index < -0.39 is 0 Å². The summed E-state index contributed by atoms with van der Waals surface area (Å²) in [5, 5.41) is 9.15. The number of carbonyl (C=O) groups excluding carboxylic acids is 1. The molecule has 4 nitrogen and oxygen atoms in total. The Hall–Kier alpha value is -1.14. The number of nitrogens with zero attached hydrogens (tertiary/aromatic N) is 1. The van der Waals surface area contributed by atoms with Gasteiger partial charge >= 0.3 is 0 Å². The molecule has 7 heteroatoms. The van der Waals surface area contributed by atoms with E-state index in [4.69, 9.17) is 0 Å². The van der Waals surface area contributed by atoms with E-state index in [-0.39, 0.29) is 30.7 Å². The van der Waals surface area contributed by atoms with Gasteiger partial charge in [-0.05, 0) is 24.9 Å². The summed E-state index contributed by atoms with van der Waals surface area (Å²) in [6.45, 7) is 1.74. The van der Waals surface area contributed by atoms with Crippen molar-refractivity contribution in [1.82, 2.24) is 15.6 Å². The summed E-state index contributed by atoms with van der Waals surface area (Å²) in [5.41, 5.74) is 1.75. The van der Waals surface area contributed by atoms with E-state index in [2.05, 4.69) is 27.8 Å². The Balaban J connectivity index is 0.00000132. The SMILES string of the molecule is Cl.Cl.O=C(NCC1CCCN1)c1csc(Cc2ccccc2)n1. The summed E-state index contributed by atoms with van der Waals surface area (Å²) in [7, 11) is 0. The van der Waals surface area contributed by atoms with Gasteiger partial charge in [-0.3, -0.25) is 4.79 Å². The molecule has 126 valence electrons. The van der Waals surface area contributed by atoms with Gasteiger partial charge in [0.05, 0.1) is 5.01 Å². The van der Waals surface area contributed by atoms with E-state index in [9.17, 15) is 4.79 Å². The molecule has 3 rings (SSSR count). The van der Waals surface area contributed by atoms with Gasteiger partial charge in [0, 0.05) is 24.4 Å². The zero-order chi connectivity index (χ0) is 14.5. The van der Waals surface area contributed by atoms with Gasteiger partial charge < -0.3 is 10.6 Å². The van der Waals surface area contributed by atoms with Crippen molar-refractivity contribution < 1.29 is 4.79 Å². The van der Waals surface area contributed by atoms with Gasteiger partial charge in [-0.1, -0.05) is 30.3 Å². The van der Waals surface area contributed by atoms with Crippen LogP contribution in [-0.4, -0.2) is 30.0 Å². The molecule has 2 heterocycles. The molecular weight excluding hydrogens is 353 g/mol. The van der Waals surface area contributed by atoms with Gasteiger partial charge in [-0.15, -0.1) is 36.2 Å². The number of hydrogen-bond donors (Lipinski definition) is 2. The lowest BCUT2D eigenvalue weighted by Crippen LogP contribution is -2.37. The van der Waals surface area contributed by atoms with Gasteiger partial charge in [0.2, 0.25) is 0 Å². The predicted octanol–water partition coefficient (Wildman–Crippen LogP) is 3.06. The van der Waals surface area contributed by atoms with Crippen LogP contribution in [0.3, 0.4) is 0 Å². The molecule has 1 saturated heterocycles. The van der Waals surface area contributed by atoms with Gasteiger partial charge in [-0.2, -0.15) is 0 Å². The number of hydrogen-bond acceptors (Lipinski definition) is 4. The van der Waals surface area contributed by atoms with Crippen LogP contribution in [0.4, 0.5) is 0 Å². The van der Waals surface area contributed by atoms with Crippen LogP contribution in [-0.2, 0) is 6.42 Å². The standard InChI is InChI=1S/C16H19N3OS.2ClH/c20-16(18-10-13-7-4-8-17-13)14-11-21-15(19-14)9-12-5-2-1-3-6-12;;/h1-3,5-6,11,13,17H,4,7-10H2,(H,18,20);2*1H. The Morgan fingerprint density at radius 3 is 2.78 bits per heavy atom. The molecule has 0 radical (unpaired) electrons. The first-order valence-corrected chi connectivity index (χ1v) is 8.19. The monoisotopic (exact) mass is 373 g/mol. The number of halogens is 2. The molecule has 1 aliphatic heterocycles. The van der Waals surface area contributed by atoms with Gasteiger partial charge in [0.1, 0.15) is 5.69 Å². The molecule has 23 heavy (non-hydrogen) atoms. The van der Waals surface area contributed by atoms with E-state index >= 15 is 0 Å². The van der Waals surface area contributed by atoms with Crippen LogP contribution in [0, 0.1) is 0 Å². The highest BCUT2D eigenvalue weighted by molar-refractivity contribution is 7.09. The van der Waals surface area contributed by atoms with Crippen LogP contribution in [0.15, 0.2) is 35.7 Å². The van der Waals surface area contributed by atoms with Crippen molar-refractivity contribution in [1.29, 1.82) is 0 Å². The van der Waals surface area contributed by atoms with Crippen molar-refractivity contribution in [2.45, 2.75) is 25.3 Å². The minimum absolute atomic E-state index is 0. The first-order valence-electron chi connectivity index (χ1n) is 7.31. The minimum atomic E-state index is -0.0701. The molecule has 1 aromatic carbocycles. The maximum atomic E-state index is 12.1. The lowest BCUT2D eigenvalue weighted by molar-refractivity contribution is 0.0946. The van der Waals surface area contributed by atoms with Crippen molar-refractivity contribution in [3.8, 4) is 0 Å². The number of carbonyl (C=O) groups is 1. The van der Waals surface area contributed by atoms with Crippen LogP contribution >= 0.6 is 36.2 Å². The van der Waals surface area contributed by atoms with Crippen molar-refractivity contribution in [2.75, 3.05) is 13.1 Å². The maximum absolute atomic E-state index is 12.1. The Labute approximate surface area is 152 Å². The Morgan fingerprint density at radius 2 is 2.09 bits per heavy atom. The molecule has 0 aliphatic carbocycles. The van der Waals surface area contributed by atoms with Crippen molar-refractivity contribution >= 4 is 42.1 Å². The van der Waals surface area contributed by atoms with Crippen molar-refractivity contribution in [3.63, 3.8) is 0 Å². The summed E-state index contributed by atoms with van der Waals surface area (Å²) < 4.78 is 0. The van der Waals surface area contributed by atoms with Gasteiger partial charge in [0.25, 0.3) is 5.91 Å². The molecule has 1 amide bonds. The molecule has 0 bridgehead atoms.